The summed E-state index contributed by atoms with van der Waals surface area (Å²) in [6, 6.07) is 15.8. The Kier molecular flexibility index (Phi) is 5.98. The highest BCUT2D eigenvalue weighted by molar-refractivity contribution is 5.77. The maximum absolute atomic E-state index is 11.5. The molecule has 0 saturated heterocycles. The summed E-state index contributed by atoms with van der Waals surface area (Å²) in [6.07, 6.45) is 9.71. The van der Waals surface area contributed by atoms with Crippen LogP contribution in [0, 0.1) is 20.2 Å². The minimum Gasteiger partial charge on any atom is -0.344 e. The molecule has 0 fully saturated rings. The van der Waals surface area contributed by atoms with Crippen LogP contribution in [0.15, 0.2) is 85.3 Å². The molecule has 0 amide bonds. The smallest absolute Gasteiger partial charge is 0.344 e. The van der Waals surface area contributed by atoms with E-state index >= 15 is 0 Å². The molecule has 34 heavy (non-hydrogen) atoms. The van der Waals surface area contributed by atoms with Crippen LogP contribution in [0.3, 0.4) is 0 Å². The summed E-state index contributed by atoms with van der Waals surface area (Å²) >= 11 is 0. The van der Waals surface area contributed by atoms with Gasteiger partial charge in [0.25, 0.3) is 11.4 Å². The van der Waals surface area contributed by atoms with E-state index in [0.717, 1.165) is 23.7 Å². The number of pyridine rings is 1. The van der Waals surface area contributed by atoms with Crippen LogP contribution in [-0.4, -0.2) is 16.4 Å². The van der Waals surface area contributed by atoms with Crippen molar-refractivity contribution < 1.29 is 14.4 Å². The summed E-state index contributed by atoms with van der Waals surface area (Å²) in [4.78, 5) is 23.4. The van der Waals surface area contributed by atoms with Gasteiger partial charge in [-0.3, -0.25) is 20.2 Å². The van der Waals surface area contributed by atoms with E-state index < -0.39 is 9.85 Å². The Bertz CT molecular complexity index is 1320. The number of aromatic nitrogens is 1. The van der Waals surface area contributed by atoms with E-state index in [9.17, 15) is 20.2 Å². The molecule has 0 atom stereocenters. The molecule has 3 aromatic rings. The van der Waals surface area contributed by atoms with Crippen molar-refractivity contribution in [2.24, 2.45) is 0 Å². The molecule has 0 spiro atoms. The molecule has 8 nitrogen and oxygen atoms in total. The van der Waals surface area contributed by atoms with Crippen LogP contribution >= 0.6 is 0 Å². The molecule has 0 N–H and O–H groups in total. The highest BCUT2D eigenvalue weighted by Crippen LogP contribution is 2.33. The monoisotopic (exact) mass is 457 g/mol. The summed E-state index contributed by atoms with van der Waals surface area (Å²) in [6.45, 7) is 7.33. The number of nitrogens with zero attached hydrogens (tertiary/aromatic N) is 4. The van der Waals surface area contributed by atoms with E-state index in [4.69, 9.17) is 0 Å². The number of hydrogen-bond donors (Lipinski definition) is 0. The molecule has 1 aromatic heterocycles. The van der Waals surface area contributed by atoms with Crippen LogP contribution in [0.25, 0.3) is 11.3 Å². The third-order valence-electron chi connectivity index (χ3n) is 5.77. The van der Waals surface area contributed by atoms with Gasteiger partial charge in [0.2, 0.25) is 0 Å². The Hall–Kier alpha value is -4.33. The lowest BCUT2D eigenvalue weighted by Crippen LogP contribution is -2.30. The lowest BCUT2D eigenvalue weighted by atomic mass is 9.85. The Morgan fingerprint density at radius 1 is 0.941 bits per heavy atom. The first kappa shape index (κ1) is 22.8. The van der Waals surface area contributed by atoms with Crippen molar-refractivity contribution in [1.29, 1.82) is 0 Å². The van der Waals surface area contributed by atoms with Crippen molar-refractivity contribution in [1.82, 2.24) is 0 Å². The minimum atomic E-state index is -0.643. The number of non-ortho nitro benzene ring substituents is 1. The van der Waals surface area contributed by atoms with Crippen molar-refractivity contribution in [3.05, 3.63) is 117 Å². The Morgan fingerprint density at radius 3 is 2.24 bits per heavy atom. The van der Waals surface area contributed by atoms with Crippen LogP contribution in [0.1, 0.15) is 31.9 Å². The van der Waals surface area contributed by atoms with E-state index in [1.807, 2.05) is 18.2 Å². The van der Waals surface area contributed by atoms with E-state index in [0.29, 0.717) is 0 Å². The predicted octanol–water partition coefficient (Wildman–Crippen LogP) is 5.49. The second kappa shape index (κ2) is 8.90. The lowest BCUT2D eigenvalue weighted by molar-refractivity contribution is -0.601. The van der Waals surface area contributed by atoms with Crippen molar-refractivity contribution >= 4 is 22.6 Å². The van der Waals surface area contributed by atoms with Gasteiger partial charge >= 0.3 is 5.69 Å². The van der Waals surface area contributed by atoms with Gasteiger partial charge < -0.3 is 4.90 Å². The second-order valence-electron chi connectivity index (χ2n) is 9.08. The van der Waals surface area contributed by atoms with Crippen molar-refractivity contribution in [3.63, 3.8) is 0 Å². The van der Waals surface area contributed by atoms with Gasteiger partial charge in [-0.05, 0) is 34.3 Å². The van der Waals surface area contributed by atoms with Gasteiger partial charge in [0.05, 0.1) is 9.85 Å². The zero-order valence-corrected chi connectivity index (χ0v) is 19.2. The maximum Gasteiger partial charge on any atom is 0.347 e. The average Bonchev–Trinajstić information content (AvgIpc) is 2.83. The first-order chi connectivity index (χ1) is 16.1. The number of hydrogen-bond acceptors (Lipinski definition) is 5. The van der Waals surface area contributed by atoms with Gasteiger partial charge in [-0.2, -0.15) is 4.57 Å². The molecular weight excluding hydrogens is 432 g/mol. The number of allylic oxidation sites excluding steroid dienone is 2. The topological polar surface area (TPSA) is 93.4 Å². The Morgan fingerprint density at radius 2 is 1.65 bits per heavy atom. The van der Waals surface area contributed by atoms with Crippen LogP contribution < -0.4 is 9.47 Å². The SMILES string of the molecule is CC(C)(C)c1ccccc1N1C=CC(c2cc[n+](-c3ccc([N+](=O)[O-])cc3[N+](=O)[O-])cc2)=CC1. The molecular formula is C26H25N4O4+. The van der Waals surface area contributed by atoms with E-state index in [-0.39, 0.29) is 22.5 Å². The Balaban J connectivity index is 1.57. The largest absolute Gasteiger partial charge is 0.347 e. The fraction of sp³-hybridized carbons (Fsp3) is 0.192. The summed E-state index contributed by atoms with van der Waals surface area (Å²) in [5.41, 5.74) is 4.14. The number of nitro benzene ring substituents is 2. The first-order valence-electron chi connectivity index (χ1n) is 10.8. The number of anilines is 1. The molecule has 8 heteroatoms. The van der Waals surface area contributed by atoms with Gasteiger partial charge in [0.1, 0.15) is 6.07 Å². The normalized spacial score (nSPS) is 13.5. The van der Waals surface area contributed by atoms with Crippen LogP contribution in [-0.2, 0) is 5.41 Å². The quantitative estimate of drug-likeness (QED) is 0.287. The standard InChI is InChI=1S/C26H25N4O4/c1-26(2,3)22-6-4-5-7-23(22)27-14-10-19(11-15-27)20-12-16-28(17-13-20)24-9-8-21(29(31)32)18-25(24)30(33)34/h4-14,16-18H,15H2,1-3H3/q+1. The third-order valence-corrected chi connectivity index (χ3v) is 5.77. The number of rotatable bonds is 5. The molecule has 4 rings (SSSR count). The Labute approximate surface area is 197 Å². The van der Waals surface area contributed by atoms with Crippen molar-refractivity contribution in [2.75, 3.05) is 11.4 Å². The molecule has 0 unspecified atom stereocenters. The molecule has 172 valence electrons. The molecule has 0 saturated carbocycles. The zero-order valence-electron chi connectivity index (χ0n) is 19.2. The summed E-state index contributed by atoms with van der Waals surface area (Å²) in [5.74, 6) is 0. The average molecular weight is 458 g/mol. The third kappa shape index (κ3) is 4.56. The number of para-hydroxylation sites is 1. The van der Waals surface area contributed by atoms with Gasteiger partial charge in [-0.1, -0.05) is 45.0 Å². The van der Waals surface area contributed by atoms with E-state index in [1.54, 1.807) is 17.0 Å². The summed E-state index contributed by atoms with van der Waals surface area (Å²) < 4.78 is 1.59. The predicted molar refractivity (Wildman–Crippen MR) is 131 cm³/mol. The molecule has 0 radical (unpaired) electrons. The molecule has 1 aliphatic rings. The number of nitro groups is 2. The first-order valence-corrected chi connectivity index (χ1v) is 10.8. The molecule has 0 bridgehead atoms. The molecule has 0 aliphatic carbocycles. The van der Waals surface area contributed by atoms with Crippen LogP contribution in [0.2, 0.25) is 0 Å². The fourth-order valence-corrected chi connectivity index (χ4v) is 4.02. The van der Waals surface area contributed by atoms with Gasteiger partial charge in [0, 0.05) is 42.7 Å². The molecule has 2 aromatic carbocycles. The highest BCUT2D eigenvalue weighted by atomic mass is 16.6. The van der Waals surface area contributed by atoms with E-state index in [2.05, 4.69) is 62.2 Å². The minimum absolute atomic E-state index is 0.0297. The number of benzene rings is 2. The highest BCUT2D eigenvalue weighted by Gasteiger charge is 2.26. The van der Waals surface area contributed by atoms with Gasteiger partial charge in [0.15, 0.2) is 12.4 Å². The fourth-order valence-electron chi connectivity index (χ4n) is 4.02. The summed E-state index contributed by atoms with van der Waals surface area (Å²) in [5, 5.41) is 22.4. The summed E-state index contributed by atoms with van der Waals surface area (Å²) in [7, 11) is 0. The van der Waals surface area contributed by atoms with Crippen LogP contribution in [0.4, 0.5) is 17.1 Å². The van der Waals surface area contributed by atoms with Gasteiger partial charge in [-0.15, -0.1) is 0 Å². The van der Waals surface area contributed by atoms with Gasteiger partial charge in [-0.25, -0.2) is 0 Å². The lowest BCUT2D eigenvalue weighted by Gasteiger charge is -2.30. The van der Waals surface area contributed by atoms with Crippen LogP contribution in [0.5, 0.6) is 0 Å². The van der Waals surface area contributed by atoms with E-state index in [1.165, 1.54) is 23.4 Å². The molecule has 1 aliphatic heterocycles. The second-order valence-corrected chi connectivity index (χ2v) is 9.08. The maximum atomic E-state index is 11.5. The zero-order chi connectivity index (χ0) is 24.5. The molecule has 2 heterocycles. The van der Waals surface area contributed by atoms with Crippen molar-refractivity contribution in [2.45, 2.75) is 26.2 Å². The van der Waals surface area contributed by atoms with Crippen molar-refractivity contribution in [3.8, 4) is 5.69 Å².